The number of rotatable bonds is 18. The molecular weight excluding hydrogens is 1380 g/mol. The van der Waals surface area contributed by atoms with Crippen LogP contribution in [0.2, 0.25) is 0 Å². The van der Waals surface area contributed by atoms with Gasteiger partial charge in [-0.3, -0.25) is 4.79 Å². The summed E-state index contributed by atoms with van der Waals surface area (Å²) in [6, 6.07) is 0. The first kappa shape index (κ1) is 83.5. The van der Waals surface area contributed by atoms with Crippen LogP contribution in [0.4, 0.5) is 0 Å². The largest absolute Gasteiger partial charge is 0.479 e. The number of hydrogen-bond donors (Lipinski definition) is 16. The SMILES string of the molecule is C/C=C(/C)C(=O)CO[C@H]1[C@H](OC(=O)/C(C)=C\C)C(C)(C)CC2[C@@]13[C@H](O)C[C@]1(C)[C@@]2(CCC2[C@@]4(C)CC[C@H](O[C@@H]5OC(C(=O)O)[C@@H](O)[C@@H](O[C@@H]6OC(CO)[C@H](O)[C@@H](O)C6O[C@@H]6OC(C)[C@H](O)[C@H](O)C6O[C@@H]6OC(C)[C@H](O)[C@H](O)C6O)C5O[C@@H]5OC[C@H](O)[C@@H](O)C5O)C(C)(C)C4CC[C@]21C)O[C@@H]3O.CCO. The fourth-order valence-corrected chi connectivity index (χ4v) is 20.5. The number of carbonyl (C=O) groups is 3. The van der Waals surface area contributed by atoms with E-state index < -0.39 is 254 Å². The minimum atomic E-state index is -2.31. The molecule has 6 aliphatic heterocycles. The van der Waals surface area contributed by atoms with Gasteiger partial charge in [-0.2, -0.15) is 0 Å². The molecule has 12 unspecified atom stereocenters. The molecule has 0 aromatic rings. The molecule has 0 aromatic carbocycles. The molecule has 32 nitrogen and oxygen atoms in total. The van der Waals surface area contributed by atoms with Crippen LogP contribution in [0, 0.1) is 50.2 Å². The van der Waals surface area contributed by atoms with E-state index in [0.29, 0.717) is 49.7 Å². The van der Waals surface area contributed by atoms with Crippen molar-refractivity contribution in [3.05, 3.63) is 23.3 Å². The molecule has 11 fully saturated rings. The number of aliphatic hydroxyl groups excluding tert-OH is 15. The molecule has 0 amide bonds. The number of allylic oxidation sites excluding steroid dienone is 2. The third-order valence-electron chi connectivity index (χ3n) is 26.7. The first-order valence-electron chi connectivity index (χ1n) is 36.7. The summed E-state index contributed by atoms with van der Waals surface area (Å²) in [6.45, 7) is 24.0. The standard InChI is InChI=1S/C70H110O31.C2H6O/c1-14-27(3)31(72)25-89-55-54(100-57(87)28(4)15-2)64(7,8)22-36-69-21-17-35-66(11)19-18-38(65(9,10)34(66)16-20-67(35,12)68(69,13)23-37(74)70(36,55)63(88)101-69)94-62-53(99-58-46(82)41(77)32(73)26-90-58)49(48(84)50(96-62)56(85)86)95-61-52(45(81)42(78)33(24-71)93-61)98-60-51(44(80)40(76)30(6)92-60)97-59-47(83)43(79)39(75)29(5)91-59;1-2-3/h14-15,29-30,32-55,58-63,71,73-84,88H,16-26H2,1-13H3,(H,85,86);3H,2H2,1H3/b27-14-,28-15-;/t29?,30?,32-,33?,34?,35?,36?,37+,38-,39-,40-,41+,42-,43-,44-,45+,46?,47?,48-,49+,50?,51?,52?,53?,54-,55-,58-,59-,60-,61-,62+,63-,66-,67+,68-,69-,70+;/m0./s1. The Hall–Kier alpha value is -2.99. The number of ketones is 1. The number of carbonyl (C=O) groups excluding carboxylic acids is 2. The van der Waals surface area contributed by atoms with Gasteiger partial charge in [0.2, 0.25) is 0 Å². The number of aliphatic hydroxyl groups is 15. The monoisotopic (exact) mass is 1490 g/mol. The summed E-state index contributed by atoms with van der Waals surface area (Å²) in [5, 5.41) is 178. The summed E-state index contributed by atoms with van der Waals surface area (Å²) in [6.07, 6.45) is -44.3. The van der Waals surface area contributed by atoms with Crippen molar-refractivity contribution in [3.63, 3.8) is 0 Å². The molecule has 5 aliphatic carbocycles. The highest BCUT2D eigenvalue weighted by Gasteiger charge is 2.85. The maximum Gasteiger partial charge on any atom is 0.335 e. The highest BCUT2D eigenvalue weighted by Crippen LogP contribution is 2.82. The van der Waals surface area contributed by atoms with Gasteiger partial charge in [0, 0.05) is 28.9 Å². The zero-order valence-electron chi connectivity index (χ0n) is 61.8. The second-order valence-corrected chi connectivity index (χ2v) is 33.0. The molecule has 104 heavy (non-hydrogen) atoms. The average Bonchev–Trinajstić information content (AvgIpc) is 1.44. The lowest BCUT2D eigenvalue weighted by molar-refractivity contribution is -0.410. The number of Topliss-reactive ketones (excluding diaryl/α,β-unsaturated/α-hetero) is 1. The smallest absolute Gasteiger partial charge is 0.335 e. The Morgan fingerprint density at radius 3 is 1.71 bits per heavy atom. The van der Waals surface area contributed by atoms with Gasteiger partial charge in [0.15, 0.2) is 49.6 Å². The van der Waals surface area contributed by atoms with Gasteiger partial charge in [-0.15, -0.1) is 0 Å². The van der Waals surface area contributed by atoms with Crippen LogP contribution in [0.3, 0.4) is 0 Å². The van der Waals surface area contributed by atoms with Gasteiger partial charge in [0.25, 0.3) is 0 Å². The van der Waals surface area contributed by atoms with Crippen molar-refractivity contribution < 1.29 is 158 Å². The first-order chi connectivity index (χ1) is 48.6. The zero-order valence-corrected chi connectivity index (χ0v) is 61.8. The van der Waals surface area contributed by atoms with Crippen molar-refractivity contribution in [2.45, 2.75) is 332 Å². The second-order valence-electron chi connectivity index (χ2n) is 33.0. The third-order valence-corrected chi connectivity index (χ3v) is 26.7. The van der Waals surface area contributed by atoms with E-state index in [4.69, 9.17) is 66.7 Å². The summed E-state index contributed by atoms with van der Waals surface area (Å²) in [4.78, 5) is 40.9. The van der Waals surface area contributed by atoms with Crippen molar-refractivity contribution in [3.8, 4) is 0 Å². The summed E-state index contributed by atoms with van der Waals surface area (Å²) in [5.41, 5.74) is -5.44. The fraction of sp³-hybridized carbons (Fsp3) is 0.903. The van der Waals surface area contributed by atoms with E-state index in [1.54, 1.807) is 46.8 Å². The molecule has 11 aliphatic rings. The Morgan fingerprint density at radius 1 is 0.548 bits per heavy atom. The van der Waals surface area contributed by atoms with Crippen LogP contribution in [-0.2, 0) is 76.0 Å². The highest BCUT2D eigenvalue weighted by atomic mass is 16.8. The lowest BCUT2D eigenvalue weighted by Gasteiger charge is -2.75. The van der Waals surface area contributed by atoms with Crippen LogP contribution in [0.1, 0.15) is 148 Å². The average molecular weight is 1490 g/mol. The normalized spacial score (nSPS) is 51.3. The zero-order chi connectivity index (χ0) is 77.0. The minimum Gasteiger partial charge on any atom is -0.479 e. The molecule has 32 heteroatoms. The van der Waals surface area contributed by atoms with Gasteiger partial charge in [0.1, 0.15) is 116 Å². The molecule has 5 saturated carbocycles. The fourth-order valence-electron chi connectivity index (χ4n) is 20.5. The van der Waals surface area contributed by atoms with E-state index >= 15 is 0 Å². The second kappa shape index (κ2) is 31.3. The number of hydrogen-bond acceptors (Lipinski definition) is 31. The summed E-state index contributed by atoms with van der Waals surface area (Å²) < 4.78 is 82.1. The lowest BCUT2D eigenvalue weighted by Crippen LogP contribution is -2.77. The molecule has 2 bridgehead atoms. The summed E-state index contributed by atoms with van der Waals surface area (Å²) >= 11 is 0. The quantitative estimate of drug-likeness (QED) is 0.0426. The lowest BCUT2D eigenvalue weighted by atomic mass is 9.30. The van der Waals surface area contributed by atoms with Crippen LogP contribution < -0.4 is 0 Å². The molecule has 0 radical (unpaired) electrons. The van der Waals surface area contributed by atoms with Crippen LogP contribution in [0.15, 0.2) is 23.3 Å². The van der Waals surface area contributed by atoms with Crippen LogP contribution in [0.25, 0.3) is 0 Å². The van der Waals surface area contributed by atoms with Gasteiger partial charge in [0.05, 0.1) is 48.6 Å². The van der Waals surface area contributed by atoms with Gasteiger partial charge in [-0.1, -0.05) is 60.6 Å². The molecule has 16 N–H and O–H groups in total. The molecule has 6 saturated heterocycles. The van der Waals surface area contributed by atoms with Crippen LogP contribution in [-0.4, -0.2) is 310 Å². The number of fused-ring (bicyclic) bond motifs is 4. The summed E-state index contributed by atoms with van der Waals surface area (Å²) in [7, 11) is 0. The predicted molar refractivity (Wildman–Crippen MR) is 355 cm³/mol. The number of carboxylic acid groups (broad SMARTS) is 1. The van der Waals surface area contributed by atoms with Crippen molar-refractivity contribution in [1.82, 2.24) is 0 Å². The van der Waals surface area contributed by atoms with Crippen LogP contribution in [0.5, 0.6) is 0 Å². The Balaban J connectivity index is 0.00000380. The highest BCUT2D eigenvalue weighted by molar-refractivity contribution is 5.95. The van der Waals surface area contributed by atoms with E-state index in [-0.39, 0.29) is 37.1 Å². The number of esters is 1. The molecule has 11 rings (SSSR count). The molecule has 37 atom stereocenters. The van der Waals surface area contributed by atoms with Crippen molar-refractivity contribution >= 4 is 17.7 Å². The van der Waals surface area contributed by atoms with Gasteiger partial charge in [-0.05, 0) is 133 Å². The van der Waals surface area contributed by atoms with Crippen molar-refractivity contribution in [1.29, 1.82) is 0 Å². The summed E-state index contributed by atoms with van der Waals surface area (Å²) in [5.74, 6) is -3.45. The van der Waals surface area contributed by atoms with E-state index in [9.17, 15) is 91.0 Å². The topological polar surface area (TPSA) is 495 Å². The first-order valence-corrected chi connectivity index (χ1v) is 36.7. The number of carboxylic acids is 1. The molecule has 6 heterocycles. The predicted octanol–water partition coefficient (Wildman–Crippen LogP) is -1.40. The Labute approximate surface area is 605 Å². The van der Waals surface area contributed by atoms with Crippen LogP contribution >= 0.6 is 0 Å². The molecule has 596 valence electrons. The maximum atomic E-state index is 13.8. The van der Waals surface area contributed by atoms with E-state index in [0.717, 1.165) is 0 Å². The van der Waals surface area contributed by atoms with Crippen molar-refractivity contribution in [2.24, 2.45) is 50.2 Å². The van der Waals surface area contributed by atoms with Crippen molar-refractivity contribution in [2.75, 3.05) is 26.4 Å². The number of ether oxygens (including phenoxy) is 13. The molecule has 1 spiro atoms. The number of aliphatic carboxylic acids is 1. The molecular formula is C72H116O32. The van der Waals surface area contributed by atoms with E-state index in [1.165, 1.54) is 13.8 Å². The molecule has 0 aromatic heterocycles. The Morgan fingerprint density at radius 2 is 1.10 bits per heavy atom. The third kappa shape index (κ3) is 13.9. The maximum absolute atomic E-state index is 13.8. The van der Waals surface area contributed by atoms with Gasteiger partial charge in [-0.25, -0.2) is 9.59 Å². The van der Waals surface area contributed by atoms with Gasteiger partial charge >= 0.3 is 11.9 Å². The van der Waals surface area contributed by atoms with Gasteiger partial charge < -0.3 is 143 Å². The van der Waals surface area contributed by atoms with E-state index in [2.05, 4.69) is 20.8 Å². The van der Waals surface area contributed by atoms with E-state index in [1.807, 2.05) is 27.7 Å². The Bertz CT molecular complexity index is 3060. The minimum absolute atomic E-state index is 0.0660. The Kier molecular flexibility index (Phi) is 25.1.